The van der Waals surface area contributed by atoms with Gasteiger partial charge >= 0.3 is 0 Å². The molecule has 0 saturated carbocycles. The number of nitrogens with zero attached hydrogens (tertiary/aromatic N) is 1. The summed E-state index contributed by atoms with van der Waals surface area (Å²) in [6.45, 7) is 4.17. The zero-order chi connectivity index (χ0) is 14.7. The number of carbonyl (C=O) groups excluding carboxylic acids is 1. The highest BCUT2D eigenvalue weighted by Gasteiger charge is 2.18. The Bertz CT molecular complexity index is 620. The van der Waals surface area contributed by atoms with Crippen molar-refractivity contribution in [3.8, 4) is 0 Å². The van der Waals surface area contributed by atoms with E-state index in [-0.39, 0.29) is 5.91 Å². The largest absolute Gasteiger partial charge is 0.467 e. The predicted octanol–water partition coefficient (Wildman–Crippen LogP) is 3.30. The fourth-order valence-corrected chi connectivity index (χ4v) is 2.71. The summed E-state index contributed by atoms with van der Waals surface area (Å²) in [5.41, 5.74) is 3.15. The average molecular weight is 284 g/mol. The molecule has 1 amide bonds. The van der Waals surface area contributed by atoms with Crippen LogP contribution < -0.4 is 5.32 Å². The first-order valence-electron chi connectivity index (χ1n) is 7.46. The van der Waals surface area contributed by atoms with Crippen LogP contribution in [-0.2, 0) is 13.0 Å². The molecule has 4 nitrogen and oxygen atoms in total. The molecule has 0 unspecified atom stereocenters. The van der Waals surface area contributed by atoms with Gasteiger partial charge in [-0.15, -0.1) is 0 Å². The van der Waals surface area contributed by atoms with Gasteiger partial charge in [0.15, 0.2) is 0 Å². The highest BCUT2D eigenvalue weighted by molar-refractivity contribution is 5.95. The number of fused-ring (bicyclic) bond motifs is 1. The second-order valence-corrected chi connectivity index (χ2v) is 5.30. The van der Waals surface area contributed by atoms with Crippen LogP contribution in [0, 0.1) is 0 Å². The Kier molecular flexibility index (Phi) is 3.95. The molecule has 4 heteroatoms. The van der Waals surface area contributed by atoms with Gasteiger partial charge < -0.3 is 14.6 Å². The van der Waals surface area contributed by atoms with E-state index in [1.165, 1.54) is 5.56 Å². The van der Waals surface area contributed by atoms with E-state index in [0.717, 1.165) is 36.4 Å². The number of rotatable bonds is 4. The first kappa shape index (κ1) is 13.7. The summed E-state index contributed by atoms with van der Waals surface area (Å²) in [5, 5.41) is 3.37. The molecule has 2 aromatic rings. The molecule has 0 atom stereocenters. The number of benzene rings is 1. The monoisotopic (exact) mass is 284 g/mol. The Morgan fingerprint density at radius 1 is 1.38 bits per heavy atom. The van der Waals surface area contributed by atoms with Crippen molar-refractivity contribution in [2.75, 3.05) is 18.4 Å². The van der Waals surface area contributed by atoms with Crippen LogP contribution in [0.4, 0.5) is 5.69 Å². The topological polar surface area (TPSA) is 45.5 Å². The van der Waals surface area contributed by atoms with E-state index < -0.39 is 0 Å². The van der Waals surface area contributed by atoms with Gasteiger partial charge in [-0.3, -0.25) is 4.79 Å². The standard InChI is InChI=1S/C17H20N2O2/c1-2-19(12-15-6-4-10-21-15)17(20)14-7-8-16-13(11-14)5-3-9-18-16/h4,6-8,10-11,18H,2-3,5,9,12H2,1H3. The first-order valence-corrected chi connectivity index (χ1v) is 7.46. The second kappa shape index (κ2) is 6.04. The summed E-state index contributed by atoms with van der Waals surface area (Å²) >= 11 is 0. The number of carbonyl (C=O) groups is 1. The Labute approximate surface area is 124 Å². The minimum absolute atomic E-state index is 0.0577. The molecule has 1 aromatic carbocycles. The maximum absolute atomic E-state index is 12.7. The molecule has 0 spiro atoms. The molecule has 1 aliphatic heterocycles. The lowest BCUT2D eigenvalue weighted by molar-refractivity contribution is 0.0741. The van der Waals surface area contributed by atoms with Crippen molar-refractivity contribution >= 4 is 11.6 Å². The zero-order valence-corrected chi connectivity index (χ0v) is 12.3. The minimum atomic E-state index is 0.0577. The summed E-state index contributed by atoms with van der Waals surface area (Å²) < 4.78 is 5.34. The van der Waals surface area contributed by atoms with Crippen LogP contribution in [0.2, 0.25) is 0 Å². The van der Waals surface area contributed by atoms with E-state index in [9.17, 15) is 4.79 Å². The van der Waals surface area contributed by atoms with Crippen molar-refractivity contribution in [3.63, 3.8) is 0 Å². The average Bonchev–Trinajstić information content (AvgIpc) is 3.04. The van der Waals surface area contributed by atoms with Gasteiger partial charge in [-0.05, 0) is 55.7 Å². The third-order valence-electron chi connectivity index (χ3n) is 3.89. The molecule has 21 heavy (non-hydrogen) atoms. The van der Waals surface area contributed by atoms with Crippen LogP contribution in [0.3, 0.4) is 0 Å². The number of nitrogens with one attached hydrogen (secondary N) is 1. The van der Waals surface area contributed by atoms with Crippen molar-refractivity contribution in [2.45, 2.75) is 26.3 Å². The van der Waals surface area contributed by atoms with Crippen LogP contribution in [0.1, 0.15) is 35.0 Å². The number of anilines is 1. The normalized spacial score (nSPS) is 13.4. The van der Waals surface area contributed by atoms with E-state index >= 15 is 0 Å². The van der Waals surface area contributed by atoms with Crippen molar-refractivity contribution < 1.29 is 9.21 Å². The van der Waals surface area contributed by atoms with Crippen LogP contribution in [0.25, 0.3) is 0 Å². The maximum Gasteiger partial charge on any atom is 0.254 e. The lowest BCUT2D eigenvalue weighted by Crippen LogP contribution is -2.30. The molecule has 0 aliphatic carbocycles. The molecule has 3 rings (SSSR count). The van der Waals surface area contributed by atoms with E-state index in [0.29, 0.717) is 13.1 Å². The Morgan fingerprint density at radius 3 is 3.05 bits per heavy atom. The number of furan rings is 1. The molecular formula is C17H20N2O2. The Balaban J connectivity index is 1.79. The molecule has 110 valence electrons. The van der Waals surface area contributed by atoms with Crippen molar-refractivity contribution in [3.05, 3.63) is 53.5 Å². The van der Waals surface area contributed by atoms with Gasteiger partial charge in [0.05, 0.1) is 12.8 Å². The zero-order valence-electron chi connectivity index (χ0n) is 12.3. The summed E-state index contributed by atoms with van der Waals surface area (Å²) in [4.78, 5) is 14.5. The van der Waals surface area contributed by atoms with Gasteiger partial charge in [-0.25, -0.2) is 0 Å². The van der Waals surface area contributed by atoms with Crippen molar-refractivity contribution in [1.82, 2.24) is 4.90 Å². The van der Waals surface area contributed by atoms with Gasteiger partial charge in [0.25, 0.3) is 5.91 Å². The number of hydrogen-bond donors (Lipinski definition) is 1. The van der Waals surface area contributed by atoms with Crippen LogP contribution in [-0.4, -0.2) is 23.9 Å². The molecule has 0 bridgehead atoms. The van der Waals surface area contributed by atoms with Gasteiger partial charge in [0, 0.05) is 24.3 Å². The Morgan fingerprint density at radius 2 is 2.29 bits per heavy atom. The van der Waals surface area contributed by atoms with Crippen LogP contribution >= 0.6 is 0 Å². The smallest absolute Gasteiger partial charge is 0.254 e. The third kappa shape index (κ3) is 2.94. The fourth-order valence-electron chi connectivity index (χ4n) is 2.71. The lowest BCUT2D eigenvalue weighted by atomic mass is 10.0. The maximum atomic E-state index is 12.7. The summed E-state index contributed by atoms with van der Waals surface area (Å²) in [6, 6.07) is 9.69. The van der Waals surface area contributed by atoms with E-state index in [2.05, 4.69) is 5.32 Å². The SMILES string of the molecule is CCN(Cc1ccco1)C(=O)c1ccc2c(c1)CCCN2. The summed E-state index contributed by atoms with van der Waals surface area (Å²) in [5.74, 6) is 0.868. The van der Waals surface area contributed by atoms with E-state index in [1.54, 1.807) is 11.2 Å². The molecule has 1 N–H and O–H groups in total. The molecular weight excluding hydrogens is 264 g/mol. The second-order valence-electron chi connectivity index (χ2n) is 5.30. The number of amides is 1. The quantitative estimate of drug-likeness (QED) is 0.937. The van der Waals surface area contributed by atoms with Gasteiger partial charge in [0.1, 0.15) is 5.76 Å². The predicted molar refractivity (Wildman–Crippen MR) is 82.4 cm³/mol. The van der Waals surface area contributed by atoms with Crippen LogP contribution in [0.15, 0.2) is 41.0 Å². The highest BCUT2D eigenvalue weighted by atomic mass is 16.3. The van der Waals surface area contributed by atoms with Crippen LogP contribution in [0.5, 0.6) is 0 Å². The molecule has 1 aromatic heterocycles. The van der Waals surface area contributed by atoms with Gasteiger partial charge in [-0.1, -0.05) is 0 Å². The molecule has 0 fully saturated rings. The van der Waals surface area contributed by atoms with Gasteiger partial charge in [-0.2, -0.15) is 0 Å². The summed E-state index contributed by atoms with van der Waals surface area (Å²) in [7, 11) is 0. The van der Waals surface area contributed by atoms with Gasteiger partial charge in [0.2, 0.25) is 0 Å². The fraction of sp³-hybridized carbons (Fsp3) is 0.353. The molecule has 2 heterocycles. The Hall–Kier alpha value is -2.23. The van der Waals surface area contributed by atoms with Crippen molar-refractivity contribution in [2.24, 2.45) is 0 Å². The lowest BCUT2D eigenvalue weighted by Gasteiger charge is -2.22. The first-order chi connectivity index (χ1) is 10.3. The summed E-state index contributed by atoms with van der Waals surface area (Å²) in [6.07, 6.45) is 3.79. The minimum Gasteiger partial charge on any atom is -0.467 e. The number of hydrogen-bond acceptors (Lipinski definition) is 3. The van der Waals surface area contributed by atoms with E-state index in [1.807, 2.05) is 37.3 Å². The molecule has 1 aliphatic rings. The number of aryl methyl sites for hydroxylation is 1. The molecule has 0 radical (unpaired) electrons. The van der Waals surface area contributed by atoms with E-state index in [4.69, 9.17) is 4.42 Å². The highest BCUT2D eigenvalue weighted by Crippen LogP contribution is 2.23. The third-order valence-corrected chi connectivity index (χ3v) is 3.89. The van der Waals surface area contributed by atoms with Crippen molar-refractivity contribution in [1.29, 1.82) is 0 Å². The molecule has 0 saturated heterocycles.